The van der Waals surface area contributed by atoms with Gasteiger partial charge in [-0.25, -0.2) is 4.79 Å². The molecule has 0 rings (SSSR count). The fourth-order valence-corrected chi connectivity index (χ4v) is 2.28. The number of carbonyl (C=O) groups is 2. The van der Waals surface area contributed by atoms with Crippen LogP contribution in [-0.2, 0) is 19.1 Å². The van der Waals surface area contributed by atoms with E-state index < -0.39 is 23.1 Å². The van der Waals surface area contributed by atoms with Gasteiger partial charge in [-0.05, 0) is 39.0 Å². The van der Waals surface area contributed by atoms with Gasteiger partial charge >= 0.3 is 11.9 Å². The Morgan fingerprint density at radius 1 is 0.909 bits per heavy atom. The van der Waals surface area contributed by atoms with Crippen LogP contribution in [0.4, 0.5) is 0 Å². The highest BCUT2D eigenvalue weighted by molar-refractivity contribution is 5.68. The lowest BCUT2D eigenvalue weighted by Crippen LogP contribution is -2.36. The highest BCUT2D eigenvalue weighted by Crippen LogP contribution is 2.28. The monoisotopic (exact) mass is 318 g/mol. The summed E-state index contributed by atoms with van der Waals surface area (Å²) >= 11 is 0. The highest BCUT2D eigenvalue weighted by Gasteiger charge is 2.30. The zero-order chi connectivity index (χ0) is 17.2. The molecule has 0 aliphatic carbocycles. The van der Waals surface area contributed by atoms with Crippen molar-refractivity contribution in [2.24, 2.45) is 0 Å². The molecule has 2 N–H and O–H groups in total. The van der Waals surface area contributed by atoms with Crippen LogP contribution in [0.2, 0.25) is 0 Å². The van der Waals surface area contributed by atoms with Crippen molar-refractivity contribution < 1.29 is 29.3 Å². The summed E-state index contributed by atoms with van der Waals surface area (Å²) in [4.78, 5) is 21.4. The van der Waals surface area contributed by atoms with Crippen LogP contribution < -0.4 is 0 Å². The Balaban J connectivity index is 4.51. The number of carboxylic acid groups (broad SMARTS) is 2. The van der Waals surface area contributed by atoms with Gasteiger partial charge < -0.3 is 19.7 Å². The number of aliphatic carboxylic acids is 2. The summed E-state index contributed by atoms with van der Waals surface area (Å²) < 4.78 is 11.4. The first kappa shape index (κ1) is 20.9. The molecule has 6 nitrogen and oxygen atoms in total. The van der Waals surface area contributed by atoms with E-state index in [2.05, 4.69) is 0 Å². The largest absolute Gasteiger partial charge is 0.481 e. The molecule has 1 unspecified atom stereocenters. The molecular formula is C16H30O6. The first-order valence-corrected chi connectivity index (χ1v) is 7.94. The fourth-order valence-electron chi connectivity index (χ4n) is 2.28. The lowest BCUT2D eigenvalue weighted by molar-refractivity contribution is -0.152. The minimum atomic E-state index is -0.987. The summed E-state index contributed by atoms with van der Waals surface area (Å²) in [6.45, 7) is 7.90. The van der Waals surface area contributed by atoms with Crippen LogP contribution in [0.1, 0.15) is 66.2 Å². The summed E-state index contributed by atoms with van der Waals surface area (Å²) in [5, 5.41) is 17.6. The summed E-state index contributed by atoms with van der Waals surface area (Å²) in [6, 6.07) is 0. The van der Waals surface area contributed by atoms with Gasteiger partial charge in [-0.1, -0.05) is 20.8 Å². The summed E-state index contributed by atoms with van der Waals surface area (Å²) in [5.74, 6) is -1.81. The molecule has 1 atom stereocenters. The molecule has 0 radical (unpaired) electrons. The Morgan fingerprint density at radius 3 is 1.91 bits per heavy atom. The van der Waals surface area contributed by atoms with Crippen LogP contribution in [0.5, 0.6) is 0 Å². The van der Waals surface area contributed by atoms with Crippen molar-refractivity contribution in [2.45, 2.75) is 77.4 Å². The Kier molecular flexibility index (Phi) is 9.28. The van der Waals surface area contributed by atoms with E-state index in [1.807, 2.05) is 27.7 Å². The normalized spacial score (nSPS) is 14.5. The van der Waals surface area contributed by atoms with Crippen molar-refractivity contribution in [3.8, 4) is 0 Å². The van der Waals surface area contributed by atoms with Gasteiger partial charge in [-0.2, -0.15) is 0 Å². The number of rotatable bonds is 13. The van der Waals surface area contributed by atoms with Gasteiger partial charge in [-0.15, -0.1) is 0 Å². The van der Waals surface area contributed by atoms with Crippen molar-refractivity contribution in [1.29, 1.82) is 0 Å². The van der Waals surface area contributed by atoms with Crippen LogP contribution >= 0.6 is 0 Å². The van der Waals surface area contributed by atoms with Gasteiger partial charge in [0.25, 0.3) is 0 Å². The Morgan fingerprint density at radius 2 is 1.50 bits per heavy atom. The fraction of sp³-hybridized carbons (Fsp3) is 0.875. The molecular weight excluding hydrogens is 288 g/mol. The molecule has 0 aliphatic heterocycles. The first-order valence-electron chi connectivity index (χ1n) is 7.94. The molecule has 130 valence electrons. The highest BCUT2D eigenvalue weighted by atomic mass is 16.5. The lowest BCUT2D eigenvalue weighted by Gasteiger charge is -2.34. The van der Waals surface area contributed by atoms with Gasteiger partial charge in [0, 0.05) is 6.42 Å². The van der Waals surface area contributed by atoms with E-state index in [4.69, 9.17) is 19.7 Å². The molecule has 0 amide bonds. The molecule has 0 heterocycles. The van der Waals surface area contributed by atoms with E-state index in [0.29, 0.717) is 25.9 Å². The van der Waals surface area contributed by atoms with Crippen molar-refractivity contribution in [1.82, 2.24) is 0 Å². The average molecular weight is 318 g/mol. The molecule has 22 heavy (non-hydrogen) atoms. The Labute approximate surface area is 132 Å². The Hall–Kier alpha value is -1.14. The quantitative estimate of drug-likeness (QED) is 0.542. The van der Waals surface area contributed by atoms with Crippen molar-refractivity contribution in [3.05, 3.63) is 0 Å². The molecule has 0 saturated heterocycles. The molecule has 0 aliphatic rings. The summed E-state index contributed by atoms with van der Waals surface area (Å²) in [7, 11) is 0. The topological polar surface area (TPSA) is 93.1 Å². The van der Waals surface area contributed by atoms with Gasteiger partial charge in [0.05, 0.1) is 17.8 Å². The van der Waals surface area contributed by atoms with Gasteiger partial charge in [0.15, 0.2) is 0 Å². The molecule has 0 aromatic rings. The molecule has 0 spiro atoms. The lowest BCUT2D eigenvalue weighted by atomic mass is 9.91. The van der Waals surface area contributed by atoms with E-state index in [-0.39, 0.29) is 13.0 Å². The molecule has 6 heteroatoms. The maximum absolute atomic E-state index is 10.8. The van der Waals surface area contributed by atoms with E-state index in [9.17, 15) is 9.59 Å². The van der Waals surface area contributed by atoms with Crippen LogP contribution in [0.25, 0.3) is 0 Å². The second-order valence-electron chi connectivity index (χ2n) is 5.87. The number of ether oxygens (including phenoxy) is 2. The third-order valence-electron chi connectivity index (χ3n) is 4.41. The summed E-state index contributed by atoms with van der Waals surface area (Å²) in [6.07, 6.45) is 3.32. The minimum absolute atomic E-state index is 0.0856. The number of hydrogen-bond acceptors (Lipinski definition) is 4. The number of carboxylic acids is 2. The SMILES string of the molecule is CCC(C)(CCOC(CC)(CC)CCC(=O)O)OCC(=O)O. The molecule has 0 bridgehead atoms. The second-order valence-corrected chi connectivity index (χ2v) is 5.87. The minimum Gasteiger partial charge on any atom is -0.481 e. The Bertz CT molecular complexity index is 351. The third kappa shape index (κ3) is 7.75. The number of hydrogen-bond donors (Lipinski definition) is 2. The van der Waals surface area contributed by atoms with Gasteiger partial charge in [0.1, 0.15) is 6.61 Å². The second kappa shape index (κ2) is 9.79. The standard InChI is InChI=1S/C16H30O6/c1-5-15(4,22-12-14(19)20)10-11-21-16(6-2,7-3)9-8-13(17)18/h5-12H2,1-4H3,(H,17,18)(H,19,20). The molecule has 0 saturated carbocycles. The van der Waals surface area contributed by atoms with E-state index in [1.54, 1.807) is 0 Å². The zero-order valence-electron chi connectivity index (χ0n) is 14.2. The van der Waals surface area contributed by atoms with Gasteiger partial charge in [0.2, 0.25) is 0 Å². The predicted octanol–water partition coefficient (Wildman–Crippen LogP) is 3.09. The molecule has 0 fully saturated rings. The van der Waals surface area contributed by atoms with Crippen molar-refractivity contribution in [2.75, 3.05) is 13.2 Å². The maximum Gasteiger partial charge on any atom is 0.329 e. The van der Waals surface area contributed by atoms with Gasteiger partial charge in [-0.3, -0.25) is 4.79 Å². The molecule has 0 aromatic carbocycles. The molecule has 0 aromatic heterocycles. The third-order valence-corrected chi connectivity index (χ3v) is 4.41. The van der Waals surface area contributed by atoms with E-state index >= 15 is 0 Å². The van der Waals surface area contributed by atoms with Crippen LogP contribution in [-0.4, -0.2) is 46.6 Å². The van der Waals surface area contributed by atoms with Crippen molar-refractivity contribution >= 4 is 11.9 Å². The smallest absolute Gasteiger partial charge is 0.329 e. The van der Waals surface area contributed by atoms with Crippen LogP contribution in [0, 0.1) is 0 Å². The van der Waals surface area contributed by atoms with E-state index in [0.717, 1.165) is 12.8 Å². The first-order chi connectivity index (χ1) is 10.2. The van der Waals surface area contributed by atoms with E-state index in [1.165, 1.54) is 0 Å². The maximum atomic E-state index is 10.8. The van der Waals surface area contributed by atoms with Crippen LogP contribution in [0.3, 0.4) is 0 Å². The van der Waals surface area contributed by atoms with Crippen molar-refractivity contribution in [3.63, 3.8) is 0 Å². The zero-order valence-corrected chi connectivity index (χ0v) is 14.2. The predicted molar refractivity (Wildman–Crippen MR) is 83.0 cm³/mol. The average Bonchev–Trinajstić information content (AvgIpc) is 2.49. The summed E-state index contributed by atoms with van der Waals surface area (Å²) in [5.41, 5.74) is -0.974. The van der Waals surface area contributed by atoms with Crippen LogP contribution in [0.15, 0.2) is 0 Å².